The number of pyridine rings is 1. The van der Waals surface area contributed by atoms with Crippen molar-refractivity contribution in [2.75, 3.05) is 6.54 Å². The zero-order valence-electron chi connectivity index (χ0n) is 8.29. The quantitative estimate of drug-likeness (QED) is 0.836. The van der Waals surface area contributed by atoms with Crippen LogP contribution >= 0.6 is 15.9 Å². The van der Waals surface area contributed by atoms with Gasteiger partial charge in [-0.05, 0) is 48.3 Å². The minimum Gasteiger partial charge on any atom is -0.330 e. The number of halogens is 1. The van der Waals surface area contributed by atoms with Crippen LogP contribution in [0, 0.1) is 6.92 Å². The average molecular weight is 259 g/mol. The summed E-state index contributed by atoms with van der Waals surface area (Å²) in [6.45, 7) is 3.37. The first-order chi connectivity index (χ1) is 6.66. The number of unbranched alkanes of at least 4 members (excludes halogenated alkanes) is 1. The lowest BCUT2D eigenvalue weighted by Crippen LogP contribution is -2.21. The molecular weight excluding hydrogens is 244 g/mol. The van der Waals surface area contributed by atoms with Gasteiger partial charge in [0.2, 0.25) is 0 Å². The molecule has 0 aliphatic carbocycles. The largest absolute Gasteiger partial charge is 0.330 e. The summed E-state index contributed by atoms with van der Waals surface area (Å²) >= 11 is 3.40. The molecule has 0 bridgehead atoms. The topological polar surface area (TPSA) is 48.0 Å². The molecule has 0 aromatic carbocycles. The van der Waals surface area contributed by atoms with Crippen molar-refractivity contribution in [2.45, 2.75) is 26.3 Å². The molecule has 0 amide bonds. The molecule has 0 aliphatic rings. The van der Waals surface area contributed by atoms with Crippen molar-refractivity contribution in [1.82, 2.24) is 4.57 Å². The van der Waals surface area contributed by atoms with Crippen molar-refractivity contribution in [2.24, 2.45) is 5.73 Å². The molecule has 1 aromatic heterocycles. The van der Waals surface area contributed by atoms with Crippen LogP contribution in [0.1, 0.15) is 18.5 Å². The lowest BCUT2D eigenvalue weighted by atomic mass is 10.3. The van der Waals surface area contributed by atoms with E-state index in [1.807, 2.05) is 6.92 Å². The number of hydrogen-bond acceptors (Lipinski definition) is 2. The van der Waals surface area contributed by atoms with E-state index in [1.165, 1.54) is 0 Å². The summed E-state index contributed by atoms with van der Waals surface area (Å²) in [7, 11) is 0. The van der Waals surface area contributed by atoms with Crippen LogP contribution in [0.3, 0.4) is 0 Å². The fraction of sp³-hybridized carbons (Fsp3) is 0.500. The Morgan fingerprint density at radius 2 is 2.14 bits per heavy atom. The summed E-state index contributed by atoms with van der Waals surface area (Å²) in [5.41, 5.74) is 6.44. The predicted molar refractivity (Wildman–Crippen MR) is 61.4 cm³/mol. The van der Waals surface area contributed by atoms with Crippen LogP contribution < -0.4 is 11.3 Å². The number of aromatic nitrogens is 1. The third-order valence-corrected chi connectivity index (χ3v) is 3.06. The van der Waals surface area contributed by atoms with Gasteiger partial charge in [-0.3, -0.25) is 4.79 Å². The van der Waals surface area contributed by atoms with Gasteiger partial charge in [-0.2, -0.15) is 0 Å². The second kappa shape index (κ2) is 5.32. The number of hydrogen-bond donors (Lipinski definition) is 1. The third kappa shape index (κ3) is 2.69. The maximum Gasteiger partial charge on any atom is 0.250 e. The summed E-state index contributed by atoms with van der Waals surface area (Å²) in [4.78, 5) is 11.5. The first-order valence-corrected chi connectivity index (χ1v) is 5.52. The van der Waals surface area contributed by atoms with Gasteiger partial charge in [0.1, 0.15) is 0 Å². The fourth-order valence-corrected chi connectivity index (χ4v) is 1.69. The molecule has 1 aromatic rings. The average Bonchev–Trinajstić information content (AvgIpc) is 2.18. The summed E-state index contributed by atoms with van der Waals surface area (Å²) in [6, 6.07) is 3.37. The van der Waals surface area contributed by atoms with Gasteiger partial charge >= 0.3 is 0 Å². The van der Waals surface area contributed by atoms with Gasteiger partial charge < -0.3 is 10.3 Å². The van der Waals surface area contributed by atoms with Gasteiger partial charge in [0.25, 0.3) is 5.56 Å². The highest BCUT2D eigenvalue weighted by atomic mass is 79.9. The molecule has 3 nitrogen and oxygen atoms in total. The van der Waals surface area contributed by atoms with E-state index in [1.54, 1.807) is 16.7 Å². The van der Waals surface area contributed by atoms with E-state index in [-0.39, 0.29) is 5.56 Å². The molecule has 14 heavy (non-hydrogen) atoms. The molecule has 0 saturated heterocycles. The van der Waals surface area contributed by atoms with Crippen LogP contribution in [0.15, 0.2) is 21.4 Å². The Kier molecular flexibility index (Phi) is 4.35. The van der Waals surface area contributed by atoms with Crippen LogP contribution in [0.4, 0.5) is 0 Å². The molecule has 1 heterocycles. The number of nitrogens with zero attached hydrogens (tertiary/aromatic N) is 1. The third-order valence-electron chi connectivity index (χ3n) is 2.22. The lowest BCUT2D eigenvalue weighted by Gasteiger charge is -2.10. The summed E-state index contributed by atoms with van der Waals surface area (Å²) in [5, 5.41) is 0. The van der Waals surface area contributed by atoms with Crippen molar-refractivity contribution in [3.63, 3.8) is 0 Å². The highest BCUT2D eigenvalue weighted by molar-refractivity contribution is 9.10. The molecule has 0 aliphatic heterocycles. The normalized spacial score (nSPS) is 10.5. The van der Waals surface area contributed by atoms with Gasteiger partial charge in [-0.15, -0.1) is 0 Å². The molecule has 4 heteroatoms. The van der Waals surface area contributed by atoms with Crippen LogP contribution in [-0.4, -0.2) is 11.1 Å². The Morgan fingerprint density at radius 1 is 1.43 bits per heavy atom. The highest BCUT2D eigenvalue weighted by Crippen LogP contribution is 2.12. The Labute approximate surface area is 92.1 Å². The molecule has 1 rings (SSSR count). The fourth-order valence-electron chi connectivity index (χ4n) is 1.34. The van der Waals surface area contributed by atoms with Crippen LogP contribution in [-0.2, 0) is 6.54 Å². The Morgan fingerprint density at radius 3 is 2.79 bits per heavy atom. The molecular formula is C10H15BrN2O. The van der Waals surface area contributed by atoms with Crippen molar-refractivity contribution >= 4 is 15.9 Å². The van der Waals surface area contributed by atoms with Crippen molar-refractivity contribution in [3.05, 3.63) is 32.7 Å². The minimum absolute atomic E-state index is 0.0581. The van der Waals surface area contributed by atoms with E-state index in [2.05, 4.69) is 15.9 Å². The Balaban J connectivity index is 2.84. The smallest absolute Gasteiger partial charge is 0.250 e. The van der Waals surface area contributed by atoms with E-state index < -0.39 is 0 Å². The summed E-state index contributed by atoms with van der Waals surface area (Å²) in [6.07, 6.45) is 1.91. The Bertz CT molecular complexity index is 360. The minimum atomic E-state index is 0.0581. The zero-order valence-corrected chi connectivity index (χ0v) is 9.88. The monoisotopic (exact) mass is 258 g/mol. The van der Waals surface area contributed by atoms with Crippen LogP contribution in [0.25, 0.3) is 0 Å². The Hall–Kier alpha value is -0.610. The van der Waals surface area contributed by atoms with Crippen LogP contribution in [0.5, 0.6) is 0 Å². The van der Waals surface area contributed by atoms with Crippen molar-refractivity contribution < 1.29 is 0 Å². The molecule has 0 atom stereocenters. The van der Waals surface area contributed by atoms with E-state index in [0.717, 1.165) is 29.6 Å². The molecule has 0 spiro atoms. The van der Waals surface area contributed by atoms with Crippen molar-refractivity contribution in [3.8, 4) is 0 Å². The van der Waals surface area contributed by atoms with Crippen molar-refractivity contribution in [1.29, 1.82) is 0 Å². The van der Waals surface area contributed by atoms with E-state index in [9.17, 15) is 4.79 Å². The summed E-state index contributed by atoms with van der Waals surface area (Å²) < 4.78 is 2.75. The van der Waals surface area contributed by atoms with Crippen LogP contribution in [0.2, 0.25) is 0 Å². The molecule has 0 radical (unpaired) electrons. The first kappa shape index (κ1) is 11.5. The standard InChI is InChI=1S/C10H15BrN2O/c1-8-9(11)4-5-10(14)13(8)7-3-2-6-12/h4-5H,2-3,6-7,12H2,1H3. The molecule has 0 saturated carbocycles. The number of rotatable bonds is 4. The van der Waals surface area contributed by atoms with Gasteiger partial charge in [0, 0.05) is 22.8 Å². The molecule has 0 unspecified atom stereocenters. The van der Waals surface area contributed by atoms with Gasteiger partial charge in [-0.25, -0.2) is 0 Å². The van der Waals surface area contributed by atoms with Gasteiger partial charge in [0.15, 0.2) is 0 Å². The second-order valence-electron chi connectivity index (χ2n) is 3.25. The zero-order chi connectivity index (χ0) is 10.6. The molecule has 78 valence electrons. The predicted octanol–water partition coefficient (Wildman–Crippen LogP) is 1.66. The molecule has 0 fully saturated rings. The van der Waals surface area contributed by atoms with E-state index >= 15 is 0 Å². The number of nitrogens with two attached hydrogens (primary N) is 1. The van der Waals surface area contributed by atoms with E-state index in [4.69, 9.17) is 5.73 Å². The van der Waals surface area contributed by atoms with Gasteiger partial charge in [0.05, 0.1) is 0 Å². The maximum absolute atomic E-state index is 11.5. The van der Waals surface area contributed by atoms with Gasteiger partial charge in [-0.1, -0.05) is 0 Å². The lowest BCUT2D eigenvalue weighted by molar-refractivity contribution is 0.584. The second-order valence-corrected chi connectivity index (χ2v) is 4.11. The molecule has 2 N–H and O–H groups in total. The maximum atomic E-state index is 11.5. The van der Waals surface area contributed by atoms with E-state index in [0.29, 0.717) is 6.54 Å². The first-order valence-electron chi connectivity index (χ1n) is 4.73. The summed E-state index contributed by atoms with van der Waals surface area (Å²) in [5.74, 6) is 0. The SMILES string of the molecule is Cc1c(Br)ccc(=O)n1CCCCN. The highest BCUT2D eigenvalue weighted by Gasteiger charge is 2.02.